The van der Waals surface area contributed by atoms with Gasteiger partial charge in [-0.1, -0.05) is 13.8 Å². The van der Waals surface area contributed by atoms with E-state index in [4.69, 9.17) is 4.74 Å². The van der Waals surface area contributed by atoms with Crippen LogP contribution in [0.5, 0.6) is 5.75 Å². The van der Waals surface area contributed by atoms with Crippen LogP contribution in [0, 0.1) is 0 Å². The molecule has 1 aromatic heterocycles. The number of fused-ring (bicyclic) bond motifs is 1. The lowest BCUT2D eigenvalue weighted by molar-refractivity contribution is 0.0750. The summed E-state index contributed by atoms with van der Waals surface area (Å²) in [5, 5.41) is 5.30. The third kappa shape index (κ3) is 3.01. The topological polar surface area (TPSA) is 47.4 Å². The second-order valence-electron chi connectivity index (χ2n) is 5.15. The molecule has 0 aliphatic rings. The lowest BCUT2D eigenvalue weighted by atomic mass is 10.1. The summed E-state index contributed by atoms with van der Waals surface area (Å²) in [6.07, 6.45) is 1.90. The second kappa shape index (κ2) is 6.61. The standard InChI is InChI=1S/C16H23N3O2/c1-5-9-19(10-6-2)16(20)15-13-8-7-12(21-4)11-14(13)18(3)17-15/h7-8,11H,5-6,9-10H2,1-4H3. The van der Waals surface area contributed by atoms with E-state index in [1.54, 1.807) is 11.8 Å². The first-order valence-electron chi connectivity index (χ1n) is 7.42. The molecule has 0 aliphatic heterocycles. The molecule has 0 atom stereocenters. The molecule has 0 spiro atoms. The van der Waals surface area contributed by atoms with Gasteiger partial charge >= 0.3 is 0 Å². The lowest BCUT2D eigenvalue weighted by Gasteiger charge is -2.20. The maximum absolute atomic E-state index is 12.7. The maximum Gasteiger partial charge on any atom is 0.274 e. The highest BCUT2D eigenvalue weighted by Crippen LogP contribution is 2.24. The molecule has 0 fully saturated rings. The van der Waals surface area contributed by atoms with Crippen molar-refractivity contribution in [3.05, 3.63) is 23.9 Å². The fraction of sp³-hybridized carbons (Fsp3) is 0.500. The Balaban J connectivity index is 2.43. The maximum atomic E-state index is 12.7. The van der Waals surface area contributed by atoms with E-state index in [9.17, 15) is 4.79 Å². The third-order valence-corrected chi connectivity index (χ3v) is 3.54. The molecule has 1 aromatic carbocycles. The fourth-order valence-corrected chi connectivity index (χ4v) is 2.53. The Morgan fingerprint density at radius 3 is 2.52 bits per heavy atom. The monoisotopic (exact) mass is 289 g/mol. The zero-order valence-corrected chi connectivity index (χ0v) is 13.2. The number of nitrogens with zero attached hydrogens (tertiary/aromatic N) is 3. The molecule has 0 saturated carbocycles. The molecule has 1 amide bonds. The molecule has 0 radical (unpaired) electrons. The van der Waals surface area contributed by atoms with Crippen molar-refractivity contribution >= 4 is 16.8 Å². The Morgan fingerprint density at radius 1 is 1.29 bits per heavy atom. The van der Waals surface area contributed by atoms with Crippen LogP contribution in [-0.4, -0.2) is 40.8 Å². The molecular weight excluding hydrogens is 266 g/mol. The summed E-state index contributed by atoms with van der Waals surface area (Å²) in [4.78, 5) is 14.6. The minimum atomic E-state index is 0.00877. The van der Waals surface area contributed by atoms with Gasteiger partial charge in [-0.15, -0.1) is 0 Å². The average Bonchev–Trinajstić information content (AvgIpc) is 2.83. The Bertz CT molecular complexity index is 628. The van der Waals surface area contributed by atoms with Crippen LogP contribution in [0.3, 0.4) is 0 Å². The number of methoxy groups -OCH3 is 1. The molecule has 114 valence electrons. The third-order valence-electron chi connectivity index (χ3n) is 3.54. The largest absolute Gasteiger partial charge is 0.497 e. The van der Waals surface area contributed by atoms with E-state index >= 15 is 0 Å². The number of hydrogen-bond donors (Lipinski definition) is 0. The first-order valence-corrected chi connectivity index (χ1v) is 7.42. The van der Waals surface area contributed by atoms with Crippen LogP contribution < -0.4 is 4.74 Å². The number of carbonyl (C=O) groups excluding carboxylic acids is 1. The minimum Gasteiger partial charge on any atom is -0.497 e. The van der Waals surface area contributed by atoms with E-state index in [0.29, 0.717) is 5.69 Å². The van der Waals surface area contributed by atoms with Gasteiger partial charge in [0.05, 0.1) is 12.6 Å². The van der Waals surface area contributed by atoms with Crippen molar-refractivity contribution in [2.24, 2.45) is 7.05 Å². The van der Waals surface area contributed by atoms with Crippen LogP contribution in [0.4, 0.5) is 0 Å². The summed E-state index contributed by atoms with van der Waals surface area (Å²) in [5.74, 6) is 0.776. The number of rotatable bonds is 6. The van der Waals surface area contributed by atoms with Crippen molar-refractivity contribution < 1.29 is 9.53 Å². The van der Waals surface area contributed by atoms with Gasteiger partial charge in [0.15, 0.2) is 5.69 Å². The molecule has 5 heteroatoms. The van der Waals surface area contributed by atoms with Gasteiger partial charge in [0.2, 0.25) is 0 Å². The normalized spacial score (nSPS) is 10.9. The molecule has 0 aliphatic carbocycles. The lowest BCUT2D eigenvalue weighted by Crippen LogP contribution is -2.33. The van der Waals surface area contributed by atoms with Crippen LogP contribution in [0.25, 0.3) is 10.9 Å². The van der Waals surface area contributed by atoms with Crippen molar-refractivity contribution in [1.29, 1.82) is 0 Å². The average molecular weight is 289 g/mol. The van der Waals surface area contributed by atoms with Crippen molar-refractivity contribution in [3.8, 4) is 5.75 Å². The number of aromatic nitrogens is 2. The molecule has 5 nitrogen and oxygen atoms in total. The number of carbonyl (C=O) groups is 1. The van der Waals surface area contributed by atoms with Gasteiger partial charge in [0.25, 0.3) is 5.91 Å². The van der Waals surface area contributed by atoms with Crippen LogP contribution in [0.2, 0.25) is 0 Å². The first-order chi connectivity index (χ1) is 10.1. The first kappa shape index (κ1) is 15.4. The van der Waals surface area contributed by atoms with Gasteiger partial charge in [-0.2, -0.15) is 5.10 Å². The van der Waals surface area contributed by atoms with E-state index in [1.807, 2.05) is 30.1 Å². The van der Waals surface area contributed by atoms with Crippen molar-refractivity contribution in [2.75, 3.05) is 20.2 Å². The Morgan fingerprint density at radius 2 is 1.95 bits per heavy atom. The van der Waals surface area contributed by atoms with Crippen LogP contribution in [-0.2, 0) is 7.05 Å². The van der Waals surface area contributed by atoms with E-state index in [0.717, 1.165) is 42.6 Å². The number of benzene rings is 1. The summed E-state index contributed by atoms with van der Waals surface area (Å²) in [5.41, 5.74) is 1.43. The number of aryl methyl sites for hydroxylation is 1. The molecule has 2 rings (SSSR count). The van der Waals surface area contributed by atoms with Gasteiger partial charge in [0, 0.05) is 31.6 Å². The Hall–Kier alpha value is -2.04. The van der Waals surface area contributed by atoms with Crippen LogP contribution >= 0.6 is 0 Å². The molecule has 2 aromatic rings. The second-order valence-corrected chi connectivity index (χ2v) is 5.15. The molecule has 0 bridgehead atoms. The zero-order valence-electron chi connectivity index (χ0n) is 13.2. The molecule has 0 saturated heterocycles. The molecular formula is C16H23N3O2. The fourth-order valence-electron chi connectivity index (χ4n) is 2.53. The quantitative estimate of drug-likeness (QED) is 0.821. The Labute approximate surface area is 125 Å². The highest BCUT2D eigenvalue weighted by molar-refractivity contribution is 6.05. The highest BCUT2D eigenvalue weighted by Gasteiger charge is 2.21. The number of ether oxygens (including phenoxy) is 1. The number of amides is 1. The van der Waals surface area contributed by atoms with Gasteiger partial charge in [0.1, 0.15) is 5.75 Å². The molecule has 0 N–H and O–H groups in total. The van der Waals surface area contributed by atoms with E-state index in [-0.39, 0.29) is 5.91 Å². The molecule has 1 heterocycles. The van der Waals surface area contributed by atoms with E-state index < -0.39 is 0 Å². The summed E-state index contributed by atoms with van der Waals surface area (Å²) in [6, 6.07) is 5.68. The summed E-state index contributed by atoms with van der Waals surface area (Å²) < 4.78 is 6.97. The van der Waals surface area contributed by atoms with Crippen molar-refractivity contribution in [1.82, 2.24) is 14.7 Å². The van der Waals surface area contributed by atoms with E-state index in [1.165, 1.54) is 0 Å². The predicted octanol–water partition coefficient (Wildman–Crippen LogP) is 2.84. The van der Waals surface area contributed by atoms with Gasteiger partial charge in [-0.05, 0) is 25.0 Å². The van der Waals surface area contributed by atoms with Crippen molar-refractivity contribution in [3.63, 3.8) is 0 Å². The van der Waals surface area contributed by atoms with Crippen LogP contribution in [0.15, 0.2) is 18.2 Å². The minimum absolute atomic E-state index is 0.00877. The van der Waals surface area contributed by atoms with E-state index in [2.05, 4.69) is 18.9 Å². The van der Waals surface area contributed by atoms with Gasteiger partial charge in [-0.25, -0.2) is 0 Å². The van der Waals surface area contributed by atoms with Crippen molar-refractivity contribution in [2.45, 2.75) is 26.7 Å². The Kier molecular flexibility index (Phi) is 4.83. The van der Waals surface area contributed by atoms with Gasteiger partial charge < -0.3 is 9.64 Å². The van der Waals surface area contributed by atoms with Crippen LogP contribution in [0.1, 0.15) is 37.2 Å². The SMILES string of the molecule is CCCN(CCC)C(=O)c1nn(C)c2cc(OC)ccc12. The molecule has 21 heavy (non-hydrogen) atoms. The highest BCUT2D eigenvalue weighted by atomic mass is 16.5. The number of hydrogen-bond acceptors (Lipinski definition) is 3. The van der Waals surface area contributed by atoms with Gasteiger partial charge in [-0.3, -0.25) is 9.48 Å². The summed E-state index contributed by atoms with van der Waals surface area (Å²) in [7, 11) is 3.48. The smallest absolute Gasteiger partial charge is 0.274 e. The summed E-state index contributed by atoms with van der Waals surface area (Å²) in [6.45, 7) is 5.69. The summed E-state index contributed by atoms with van der Waals surface area (Å²) >= 11 is 0. The zero-order chi connectivity index (χ0) is 15.4. The predicted molar refractivity (Wildman–Crippen MR) is 83.8 cm³/mol. The molecule has 0 unspecified atom stereocenters.